The molecule has 0 saturated heterocycles. The van der Waals surface area contributed by atoms with E-state index in [0.717, 1.165) is 5.56 Å². The minimum absolute atomic E-state index is 0.0855. The lowest BCUT2D eigenvalue weighted by Gasteiger charge is -2.08. The molecule has 2 N–H and O–H groups in total. The van der Waals surface area contributed by atoms with Gasteiger partial charge in [-0.25, -0.2) is 18.1 Å². The van der Waals surface area contributed by atoms with Crippen molar-refractivity contribution >= 4 is 15.9 Å². The number of carbonyl (C=O) groups excluding carboxylic acids is 1. The molecule has 0 fully saturated rings. The van der Waals surface area contributed by atoms with Crippen LogP contribution in [0, 0.1) is 6.92 Å². The summed E-state index contributed by atoms with van der Waals surface area (Å²) in [6.07, 6.45) is 4.22. The first kappa shape index (κ1) is 16.1. The van der Waals surface area contributed by atoms with Gasteiger partial charge in [0.15, 0.2) is 0 Å². The second kappa shape index (κ2) is 7.10. The second-order valence-corrected chi connectivity index (χ2v) is 6.32. The Morgan fingerprint density at radius 2 is 1.86 bits per heavy atom. The number of hydrogen-bond donors (Lipinski definition) is 2. The largest absolute Gasteiger partial charge is 0.349 e. The van der Waals surface area contributed by atoms with Crippen LogP contribution in [0.4, 0.5) is 0 Å². The van der Waals surface area contributed by atoms with Gasteiger partial charge in [0.2, 0.25) is 10.0 Å². The fourth-order valence-electron chi connectivity index (χ4n) is 1.67. The minimum atomic E-state index is -3.57. The molecule has 8 heteroatoms. The Kier molecular flexibility index (Phi) is 5.18. The van der Waals surface area contributed by atoms with Gasteiger partial charge in [-0.15, -0.1) is 0 Å². The standard InChI is InChI=1S/C14H16N4O3S/c1-11-2-4-12(5-3-11)22(20,21)18-9-8-17-14(19)13-10-15-6-7-16-13/h2-7,10,18H,8-9H2,1H3,(H,17,19). The molecule has 1 heterocycles. The summed E-state index contributed by atoms with van der Waals surface area (Å²) < 4.78 is 26.4. The van der Waals surface area contributed by atoms with Gasteiger partial charge in [0.05, 0.1) is 11.1 Å². The highest BCUT2D eigenvalue weighted by Gasteiger charge is 2.13. The molecule has 0 radical (unpaired) electrons. The van der Waals surface area contributed by atoms with Crippen LogP contribution in [0.3, 0.4) is 0 Å². The van der Waals surface area contributed by atoms with E-state index in [-0.39, 0.29) is 23.7 Å². The zero-order chi connectivity index (χ0) is 16.0. The van der Waals surface area contributed by atoms with E-state index in [1.165, 1.54) is 30.7 Å². The van der Waals surface area contributed by atoms with Crippen molar-refractivity contribution in [2.75, 3.05) is 13.1 Å². The Balaban J connectivity index is 1.83. The molecule has 116 valence electrons. The third-order valence-corrected chi connectivity index (χ3v) is 4.31. The van der Waals surface area contributed by atoms with Crippen molar-refractivity contribution in [1.29, 1.82) is 0 Å². The van der Waals surface area contributed by atoms with Crippen LogP contribution >= 0.6 is 0 Å². The van der Waals surface area contributed by atoms with Crippen LogP contribution in [0.15, 0.2) is 47.8 Å². The first-order chi connectivity index (χ1) is 10.5. The molecule has 0 aliphatic heterocycles. The molecule has 1 amide bonds. The number of nitrogens with one attached hydrogen (secondary N) is 2. The third-order valence-electron chi connectivity index (χ3n) is 2.83. The molecular weight excluding hydrogens is 304 g/mol. The van der Waals surface area contributed by atoms with E-state index in [1.807, 2.05) is 6.92 Å². The average Bonchev–Trinajstić information content (AvgIpc) is 2.52. The topological polar surface area (TPSA) is 101 Å². The monoisotopic (exact) mass is 320 g/mol. The molecule has 22 heavy (non-hydrogen) atoms. The van der Waals surface area contributed by atoms with Crippen molar-refractivity contribution in [2.45, 2.75) is 11.8 Å². The third kappa shape index (κ3) is 4.34. The van der Waals surface area contributed by atoms with Crippen LogP contribution in [0.25, 0.3) is 0 Å². The zero-order valence-electron chi connectivity index (χ0n) is 12.0. The normalized spacial score (nSPS) is 11.1. The van der Waals surface area contributed by atoms with Gasteiger partial charge in [0.1, 0.15) is 5.69 Å². The molecule has 0 aliphatic carbocycles. The minimum Gasteiger partial charge on any atom is -0.349 e. The lowest BCUT2D eigenvalue weighted by molar-refractivity contribution is 0.0949. The number of amides is 1. The molecule has 0 saturated carbocycles. The van der Waals surface area contributed by atoms with Crippen LogP contribution in [0.2, 0.25) is 0 Å². The lowest BCUT2D eigenvalue weighted by Crippen LogP contribution is -2.35. The summed E-state index contributed by atoms with van der Waals surface area (Å²) in [5.41, 5.74) is 1.17. The Labute approximate surface area is 128 Å². The van der Waals surface area contributed by atoms with Crippen LogP contribution in [-0.2, 0) is 10.0 Å². The van der Waals surface area contributed by atoms with Crippen LogP contribution in [0.5, 0.6) is 0 Å². The molecule has 0 spiro atoms. The summed E-state index contributed by atoms with van der Waals surface area (Å²) in [6.45, 7) is 2.12. The lowest BCUT2D eigenvalue weighted by atomic mass is 10.2. The molecular formula is C14H16N4O3S. The van der Waals surface area contributed by atoms with E-state index in [9.17, 15) is 13.2 Å². The van der Waals surface area contributed by atoms with Crippen molar-refractivity contribution in [2.24, 2.45) is 0 Å². The molecule has 2 aromatic rings. The summed E-state index contributed by atoms with van der Waals surface area (Å²) >= 11 is 0. The van der Waals surface area contributed by atoms with Crippen molar-refractivity contribution in [3.63, 3.8) is 0 Å². The molecule has 0 bridgehead atoms. The molecule has 1 aromatic carbocycles. The maximum Gasteiger partial charge on any atom is 0.271 e. The molecule has 2 rings (SSSR count). The maximum atomic E-state index is 12.0. The summed E-state index contributed by atoms with van der Waals surface area (Å²) in [7, 11) is -3.57. The van der Waals surface area contributed by atoms with Gasteiger partial charge >= 0.3 is 0 Å². The number of benzene rings is 1. The number of hydrogen-bond acceptors (Lipinski definition) is 5. The van der Waals surface area contributed by atoms with E-state index < -0.39 is 15.9 Å². The van der Waals surface area contributed by atoms with E-state index in [1.54, 1.807) is 12.1 Å². The summed E-state index contributed by atoms with van der Waals surface area (Å²) in [4.78, 5) is 19.5. The number of carbonyl (C=O) groups is 1. The highest BCUT2D eigenvalue weighted by molar-refractivity contribution is 7.89. The maximum absolute atomic E-state index is 12.0. The van der Waals surface area contributed by atoms with Crippen LogP contribution in [-0.4, -0.2) is 37.4 Å². The number of nitrogens with zero attached hydrogens (tertiary/aromatic N) is 2. The number of rotatable bonds is 6. The summed E-state index contributed by atoms with van der Waals surface area (Å²) in [5.74, 6) is -0.400. The fourth-order valence-corrected chi connectivity index (χ4v) is 2.70. The van der Waals surface area contributed by atoms with E-state index in [0.29, 0.717) is 0 Å². The van der Waals surface area contributed by atoms with Crippen LogP contribution in [0.1, 0.15) is 16.1 Å². The van der Waals surface area contributed by atoms with E-state index in [2.05, 4.69) is 20.0 Å². The van der Waals surface area contributed by atoms with Gasteiger partial charge in [-0.2, -0.15) is 0 Å². The van der Waals surface area contributed by atoms with Crippen molar-refractivity contribution < 1.29 is 13.2 Å². The predicted octanol–water partition coefficient (Wildman–Crippen LogP) is 0.493. The average molecular weight is 320 g/mol. The molecule has 7 nitrogen and oxygen atoms in total. The highest BCUT2D eigenvalue weighted by Crippen LogP contribution is 2.09. The van der Waals surface area contributed by atoms with Crippen molar-refractivity contribution in [3.8, 4) is 0 Å². The highest BCUT2D eigenvalue weighted by atomic mass is 32.2. The number of sulfonamides is 1. The number of aryl methyl sites for hydroxylation is 1. The van der Waals surface area contributed by atoms with Crippen LogP contribution < -0.4 is 10.0 Å². The molecule has 0 unspecified atom stereocenters. The van der Waals surface area contributed by atoms with Gasteiger partial charge in [-0.3, -0.25) is 9.78 Å². The Morgan fingerprint density at radius 1 is 1.14 bits per heavy atom. The fraction of sp³-hybridized carbons (Fsp3) is 0.214. The first-order valence-corrected chi connectivity index (χ1v) is 8.08. The predicted molar refractivity (Wildman–Crippen MR) is 80.7 cm³/mol. The van der Waals surface area contributed by atoms with Gasteiger partial charge in [-0.1, -0.05) is 17.7 Å². The second-order valence-electron chi connectivity index (χ2n) is 4.56. The van der Waals surface area contributed by atoms with Gasteiger partial charge in [-0.05, 0) is 19.1 Å². The zero-order valence-corrected chi connectivity index (χ0v) is 12.8. The molecule has 0 aliphatic rings. The Hall–Kier alpha value is -2.32. The van der Waals surface area contributed by atoms with E-state index in [4.69, 9.17) is 0 Å². The Bertz CT molecular complexity index is 730. The SMILES string of the molecule is Cc1ccc(S(=O)(=O)NCCNC(=O)c2cnccn2)cc1. The summed E-state index contributed by atoms with van der Waals surface area (Å²) in [6, 6.07) is 6.53. The van der Waals surface area contributed by atoms with Crippen molar-refractivity contribution in [1.82, 2.24) is 20.0 Å². The summed E-state index contributed by atoms with van der Waals surface area (Å²) in [5, 5.41) is 2.56. The Morgan fingerprint density at radius 3 is 2.50 bits per heavy atom. The van der Waals surface area contributed by atoms with Gasteiger partial charge < -0.3 is 5.32 Å². The van der Waals surface area contributed by atoms with Crippen molar-refractivity contribution in [3.05, 3.63) is 54.1 Å². The first-order valence-electron chi connectivity index (χ1n) is 6.59. The molecule has 0 atom stereocenters. The number of aromatic nitrogens is 2. The van der Waals surface area contributed by atoms with E-state index >= 15 is 0 Å². The van der Waals surface area contributed by atoms with Gasteiger partial charge in [0.25, 0.3) is 5.91 Å². The van der Waals surface area contributed by atoms with Gasteiger partial charge in [0, 0.05) is 25.5 Å². The smallest absolute Gasteiger partial charge is 0.271 e. The molecule has 1 aromatic heterocycles. The quantitative estimate of drug-likeness (QED) is 0.755.